The Morgan fingerprint density at radius 2 is 1.87 bits per heavy atom. The summed E-state index contributed by atoms with van der Waals surface area (Å²) < 4.78 is 0. The Balaban J connectivity index is 1.53. The lowest BCUT2D eigenvalue weighted by Crippen LogP contribution is -2.26. The van der Waals surface area contributed by atoms with Crippen LogP contribution in [0, 0.1) is 25.7 Å². The SMILES string of the molecule is Cc1cc(C)c2[nH]ccc2c1CN1C[C@@H]2CCCCC2C1c1ccc(C(=O)O)cc1. The summed E-state index contributed by atoms with van der Waals surface area (Å²) in [4.78, 5) is 17.4. The first-order chi connectivity index (χ1) is 14.5. The molecule has 0 radical (unpaired) electrons. The van der Waals surface area contributed by atoms with Crippen LogP contribution >= 0.6 is 0 Å². The number of aryl methyl sites for hydroxylation is 2. The summed E-state index contributed by atoms with van der Waals surface area (Å²) in [5.74, 6) is 0.558. The molecule has 4 heteroatoms. The Labute approximate surface area is 177 Å². The summed E-state index contributed by atoms with van der Waals surface area (Å²) in [5.41, 5.74) is 6.95. The Morgan fingerprint density at radius 3 is 2.63 bits per heavy atom. The zero-order valence-corrected chi connectivity index (χ0v) is 17.8. The molecule has 0 spiro atoms. The van der Waals surface area contributed by atoms with Crippen LogP contribution in [0.15, 0.2) is 42.6 Å². The number of carboxylic acids is 1. The second-order valence-electron chi connectivity index (χ2n) is 9.27. The highest BCUT2D eigenvalue weighted by Crippen LogP contribution is 2.48. The molecular formula is C26H30N2O2. The van der Waals surface area contributed by atoms with Crippen LogP contribution in [0.5, 0.6) is 0 Å². The van der Waals surface area contributed by atoms with Crippen LogP contribution in [-0.2, 0) is 6.54 Å². The van der Waals surface area contributed by atoms with Crippen molar-refractivity contribution in [2.45, 2.75) is 52.1 Å². The van der Waals surface area contributed by atoms with Gasteiger partial charge in [-0.25, -0.2) is 4.79 Å². The molecule has 1 saturated carbocycles. The zero-order valence-electron chi connectivity index (χ0n) is 17.8. The molecule has 2 aromatic carbocycles. The van der Waals surface area contributed by atoms with Gasteiger partial charge in [0.15, 0.2) is 0 Å². The van der Waals surface area contributed by atoms with Gasteiger partial charge in [-0.2, -0.15) is 0 Å². The van der Waals surface area contributed by atoms with Crippen LogP contribution in [0.25, 0.3) is 10.9 Å². The van der Waals surface area contributed by atoms with Gasteiger partial charge in [0, 0.05) is 36.2 Å². The van der Waals surface area contributed by atoms with E-state index in [4.69, 9.17) is 0 Å². The van der Waals surface area contributed by atoms with Gasteiger partial charge in [0.2, 0.25) is 0 Å². The fourth-order valence-electron chi connectivity index (χ4n) is 6.06. The minimum atomic E-state index is -0.856. The smallest absolute Gasteiger partial charge is 0.335 e. The van der Waals surface area contributed by atoms with Crippen LogP contribution in [0.2, 0.25) is 0 Å². The van der Waals surface area contributed by atoms with E-state index >= 15 is 0 Å². The molecule has 4 nitrogen and oxygen atoms in total. The molecule has 0 amide bonds. The molecule has 30 heavy (non-hydrogen) atoms. The Kier molecular flexibility index (Phi) is 4.90. The third-order valence-corrected chi connectivity index (χ3v) is 7.47. The molecule has 5 rings (SSSR count). The van der Waals surface area contributed by atoms with Crippen molar-refractivity contribution in [3.8, 4) is 0 Å². The fourth-order valence-corrected chi connectivity index (χ4v) is 6.06. The van der Waals surface area contributed by atoms with E-state index in [0.29, 0.717) is 17.5 Å². The van der Waals surface area contributed by atoms with Crippen molar-refractivity contribution in [3.63, 3.8) is 0 Å². The minimum Gasteiger partial charge on any atom is -0.478 e. The summed E-state index contributed by atoms with van der Waals surface area (Å²) in [6, 6.07) is 12.5. The second-order valence-corrected chi connectivity index (χ2v) is 9.27. The number of likely N-dealkylation sites (tertiary alicyclic amines) is 1. The maximum atomic E-state index is 11.3. The van der Waals surface area contributed by atoms with E-state index in [9.17, 15) is 9.90 Å². The summed E-state index contributed by atoms with van der Waals surface area (Å²) in [6.07, 6.45) is 7.29. The number of nitrogens with one attached hydrogen (secondary N) is 1. The fraction of sp³-hybridized carbons (Fsp3) is 0.423. The molecule has 2 heterocycles. The minimum absolute atomic E-state index is 0.368. The largest absolute Gasteiger partial charge is 0.478 e. The van der Waals surface area contributed by atoms with Crippen LogP contribution in [-0.4, -0.2) is 27.5 Å². The van der Waals surface area contributed by atoms with Crippen molar-refractivity contribution in [2.75, 3.05) is 6.54 Å². The Hall–Kier alpha value is -2.59. The van der Waals surface area contributed by atoms with Crippen molar-refractivity contribution < 1.29 is 9.90 Å². The van der Waals surface area contributed by atoms with Gasteiger partial charge in [-0.1, -0.05) is 31.0 Å². The first-order valence-electron chi connectivity index (χ1n) is 11.2. The standard InChI is InChI=1S/C26H30N2O2/c1-16-13-17(2)24-22(11-12-27-24)23(16)15-28-14-20-5-3-4-6-21(20)25(28)18-7-9-19(10-8-18)26(29)30/h7-13,20-21,25,27H,3-6,14-15H2,1-2H3,(H,29,30)/t20-,21?,25?/m0/s1. The number of hydrogen-bond acceptors (Lipinski definition) is 2. The summed E-state index contributed by atoms with van der Waals surface area (Å²) in [7, 11) is 0. The van der Waals surface area contributed by atoms with Crippen molar-refractivity contribution in [1.82, 2.24) is 9.88 Å². The molecule has 1 aliphatic heterocycles. The van der Waals surface area contributed by atoms with Gasteiger partial charge in [0.05, 0.1) is 5.56 Å². The Morgan fingerprint density at radius 1 is 1.10 bits per heavy atom. The van der Waals surface area contributed by atoms with Crippen LogP contribution in [0.1, 0.15) is 64.3 Å². The number of aromatic nitrogens is 1. The molecule has 3 atom stereocenters. The maximum absolute atomic E-state index is 11.3. The van der Waals surface area contributed by atoms with Crippen molar-refractivity contribution in [2.24, 2.45) is 11.8 Å². The maximum Gasteiger partial charge on any atom is 0.335 e. The quantitative estimate of drug-likeness (QED) is 0.576. The lowest BCUT2D eigenvalue weighted by molar-refractivity contribution is 0.0697. The molecule has 2 aliphatic rings. The topological polar surface area (TPSA) is 56.3 Å². The number of carboxylic acid groups (broad SMARTS) is 1. The van der Waals surface area contributed by atoms with E-state index in [-0.39, 0.29) is 0 Å². The number of nitrogens with zero attached hydrogens (tertiary/aromatic N) is 1. The number of benzene rings is 2. The van der Waals surface area contributed by atoms with E-state index in [1.54, 1.807) is 12.1 Å². The molecule has 156 valence electrons. The van der Waals surface area contributed by atoms with E-state index in [0.717, 1.165) is 19.0 Å². The number of aromatic amines is 1. The van der Waals surface area contributed by atoms with Crippen LogP contribution in [0.4, 0.5) is 0 Å². The average molecular weight is 403 g/mol. The first kappa shape index (κ1) is 19.4. The van der Waals surface area contributed by atoms with Gasteiger partial charge in [0.25, 0.3) is 0 Å². The van der Waals surface area contributed by atoms with Gasteiger partial charge in [-0.15, -0.1) is 0 Å². The third kappa shape index (κ3) is 3.24. The molecule has 2 fully saturated rings. The highest BCUT2D eigenvalue weighted by atomic mass is 16.4. The monoisotopic (exact) mass is 402 g/mol. The zero-order chi connectivity index (χ0) is 20.8. The number of rotatable bonds is 4. The van der Waals surface area contributed by atoms with Crippen molar-refractivity contribution >= 4 is 16.9 Å². The molecule has 3 aromatic rings. The predicted octanol–water partition coefficient (Wildman–Crippen LogP) is 5.85. The van der Waals surface area contributed by atoms with Gasteiger partial charge in [0.1, 0.15) is 0 Å². The van der Waals surface area contributed by atoms with Gasteiger partial charge >= 0.3 is 5.97 Å². The van der Waals surface area contributed by atoms with E-state index in [2.05, 4.69) is 35.9 Å². The summed E-state index contributed by atoms with van der Waals surface area (Å²) >= 11 is 0. The normalized spacial score (nSPS) is 24.3. The number of carbonyl (C=O) groups is 1. The van der Waals surface area contributed by atoms with E-state index in [1.165, 1.54) is 58.8 Å². The third-order valence-electron chi connectivity index (χ3n) is 7.47. The van der Waals surface area contributed by atoms with Gasteiger partial charge in [-0.3, -0.25) is 4.90 Å². The average Bonchev–Trinajstić information content (AvgIpc) is 3.36. The number of aromatic carboxylic acids is 1. The Bertz CT molecular complexity index is 1080. The summed E-state index contributed by atoms with van der Waals surface area (Å²) in [6.45, 7) is 6.48. The van der Waals surface area contributed by atoms with E-state index in [1.807, 2.05) is 18.3 Å². The highest BCUT2D eigenvalue weighted by Gasteiger charge is 2.43. The molecule has 1 saturated heterocycles. The molecule has 2 unspecified atom stereocenters. The molecule has 0 bridgehead atoms. The van der Waals surface area contributed by atoms with Gasteiger partial charge in [-0.05, 0) is 79.0 Å². The van der Waals surface area contributed by atoms with Crippen molar-refractivity contribution in [3.05, 3.63) is 70.4 Å². The van der Waals surface area contributed by atoms with Crippen LogP contribution < -0.4 is 0 Å². The lowest BCUT2D eigenvalue weighted by atomic mass is 9.77. The number of hydrogen-bond donors (Lipinski definition) is 2. The predicted molar refractivity (Wildman–Crippen MR) is 120 cm³/mol. The number of H-pyrrole nitrogens is 1. The lowest BCUT2D eigenvalue weighted by Gasteiger charge is -2.31. The van der Waals surface area contributed by atoms with Crippen molar-refractivity contribution in [1.29, 1.82) is 0 Å². The van der Waals surface area contributed by atoms with Gasteiger partial charge < -0.3 is 10.1 Å². The summed E-state index contributed by atoms with van der Waals surface area (Å²) in [5, 5.41) is 10.6. The number of fused-ring (bicyclic) bond motifs is 2. The first-order valence-corrected chi connectivity index (χ1v) is 11.2. The van der Waals surface area contributed by atoms with Crippen LogP contribution in [0.3, 0.4) is 0 Å². The molecule has 2 N–H and O–H groups in total. The highest BCUT2D eigenvalue weighted by molar-refractivity contribution is 5.88. The molecular weight excluding hydrogens is 372 g/mol. The molecule has 1 aromatic heterocycles. The second kappa shape index (κ2) is 7.59. The van der Waals surface area contributed by atoms with E-state index < -0.39 is 5.97 Å². The molecule has 1 aliphatic carbocycles.